The summed E-state index contributed by atoms with van der Waals surface area (Å²) in [5.74, 6) is -1.47. The molecule has 162 valence electrons. The molecule has 2 aromatic rings. The number of nitrogens with zero attached hydrogens (tertiary/aromatic N) is 1. The first-order chi connectivity index (χ1) is 14.9. The van der Waals surface area contributed by atoms with E-state index in [-0.39, 0.29) is 23.2 Å². The highest BCUT2D eigenvalue weighted by Crippen LogP contribution is 2.77. The highest BCUT2D eigenvalue weighted by Gasteiger charge is 2.75. The highest BCUT2D eigenvalue weighted by atomic mass is 79.9. The van der Waals surface area contributed by atoms with Crippen molar-refractivity contribution in [1.82, 2.24) is 4.98 Å². The van der Waals surface area contributed by atoms with Crippen LogP contribution in [0.1, 0.15) is 30.4 Å². The van der Waals surface area contributed by atoms with Crippen molar-refractivity contribution < 1.29 is 14.7 Å². The Morgan fingerprint density at radius 2 is 1.90 bits per heavy atom. The fourth-order valence-electron chi connectivity index (χ4n) is 6.75. The van der Waals surface area contributed by atoms with Gasteiger partial charge in [-0.05, 0) is 88.0 Å². The summed E-state index contributed by atoms with van der Waals surface area (Å²) in [7, 11) is 0. The van der Waals surface area contributed by atoms with Crippen LogP contribution in [0.25, 0.3) is 0 Å². The normalized spacial score (nSPS) is 32.9. The van der Waals surface area contributed by atoms with Crippen LogP contribution in [0.5, 0.6) is 0 Å². The van der Waals surface area contributed by atoms with Crippen molar-refractivity contribution in [2.24, 2.45) is 40.7 Å². The summed E-state index contributed by atoms with van der Waals surface area (Å²) >= 11 is 3.29. The average molecular weight is 484 g/mol. The lowest BCUT2D eigenvalue weighted by Gasteiger charge is -2.26. The zero-order valence-electron chi connectivity index (χ0n) is 17.1. The van der Waals surface area contributed by atoms with Crippen molar-refractivity contribution in [3.63, 3.8) is 0 Å². The molecule has 5 rings (SSSR count). The van der Waals surface area contributed by atoms with Crippen molar-refractivity contribution >= 4 is 33.5 Å². The highest BCUT2D eigenvalue weighted by molar-refractivity contribution is 9.10. The second-order valence-corrected chi connectivity index (χ2v) is 10.1. The number of nitrogens with one attached hydrogen (secondary N) is 1. The summed E-state index contributed by atoms with van der Waals surface area (Å²) < 4.78 is 0.687. The fourth-order valence-corrected chi connectivity index (χ4v) is 6.99. The molecule has 2 bridgehead atoms. The largest absolute Gasteiger partial charge is 0.481 e. The van der Waals surface area contributed by atoms with Crippen LogP contribution < -0.4 is 11.1 Å². The van der Waals surface area contributed by atoms with E-state index in [1.807, 2.05) is 12.1 Å². The molecule has 1 aromatic carbocycles. The maximum absolute atomic E-state index is 13.2. The molecule has 0 saturated heterocycles. The molecule has 3 aliphatic carbocycles. The van der Waals surface area contributed by atoms with Crippen LogP contribution in [0.15, 0.2) is 47.2 Å². The monoisotopic (exact) mass is 483 g/mol. The molecular weight excluding hydrogens is 458 g/mol. The molecule has 7 heteroatoms. The Hall–Kier alpha value is -2.25. The van der Waals surface area contributed by atoms with Gasteiger partial charge in [-0.1, -0.05) is 24.3 Å². The summed E-state index contributed by atoms with van der Waals surface area (Å²) in [4.78, 5) is 29.6. The smallest absolute Gasteiger partial charge is 0.307 e. The first-order valence-electron chi connectivity index (χ1n) is 10.9. The lowest BCUT2D eigenvalue weighted by molar-refractivity contribution is -0.148. The van der Waals surface area contributed by atoms with Crippen LogP contribution >= 0.6 is 15.9 Å². The number of carbonyl (C=O) groups is 2. The molecule has 6 atom stereocenters. The number of pyridine rings is 1. The van der Waals surface area contributed by atoms with Crippen molar-refractivity contribution in [1.29, 1.82) is 0 Å². The molecule has 0 radical (unpaired) electrons. The Bertz CT molecular complexity index is 1030. The number of anilines is 1. The predicted octanol–water partition coefficient (Wildman–Crippen LogP) is 3.85. The molecule has 1 heterocycles. The van der Waals surface area contributed by atoms with E-state index in [2.05, 4.69) is 38.4 Å². The van der Waals surface area contributed by atoms with Crippen LogP contribution in [0.3, 0.4) is 0 Å². The molecule has 1 spiro atoms. The number of rotatable bonds is 6. The first kappa shape index (κ1) is 20.6. The number of hydrogen-bond acceptors (Lipinski definition) is 4. The minimum absolute atomic E-state index is 0.0122. The van der Waals surface area contributed by atoms with Gasteiger partial charge in [-0.25, -0.2) is 4.98 Å². The van der Waals surface area contributed by atoms with E-state index in [0.717, 1.165) is 31.2 Å². The van der Waals surface area contributed by atoms with Crippen molar-refractivity contribution in [2.45, 2.75) is 32.2 Å². The zero-order valence-corrected chi connectivity index (χ0v) is 18.7. The molecule has 1 aromatic heterocycles. The lowest BCUT2D eigenvalue weighted by atomic mass is 9.78. The Balaban J connectivity index is 1.38. The molecule has 3 aliphatic rings. The summed E-state index contributed by atoms with van der Waals surface area (Å²) in [6.45, 7) is 0.517. The predicted molar refractivity (Wildman–Crippen MR) is 120 cm³/mol. The molecular formula is C24H26BrN3O3. The second kappa shape index (κ2) is 7.71. The molecule has 6 nitrogen and oxygen atoms in total. The third-order valence-corrected chi connectivity index (χ3v) is 8.38. The Kier molecular flexibility index (Phi) is 5.13. The number of carboxylic acids is 1. The number of aliphatic carboxylic acids is 1. The van der Waals surface area contributed by atoms with Gasteiger partial charge in [0.25, 0.3) is 0 Å². The summed E-state index contributed by atoms with van der Waals surface area (Å²) in [6, 6.07) is 11.9. The van der Waals surface area contributed by atoms with Crippen LogP contribution in [0.2, 0.25) is 0 Å². The van der Waals surface area contributed by atoms with E-state index in [4.69, 9.17) is 5.73 Å². The topological polar surface area (TPSA) is 105 Å². The number of aromatic nitrogens is 1. The third kappa shape index (κ3) is 3.38. The quantitative estimate of drug-likeness (QED) is 0.541. The van der Waals surface area contributed by atoms with Gasteiger partial charge in [0, 0.05) is 6.54 Å². The zero-order chi connectivity index (χ0) is 21.8. The van der Waals surface area contributed by atoms with Gasteiger partial charge in [-0.2, -0.15) is 0 Å². The van der Waals surface area contributed by atoms with Gasteiger partial charge in [-0.15, -0.1) is 0 Å². The number of carboxylic acid groups (broad SMARTS) is 1. The Labute approximate surface area is 189 Å². The molecule has 3 saturated carbocycles. The molecule has 2 unspecified atom stereocenters. The van der Waals surface area contributed by atoms with Gasteiger partial charge in [0.2, 0.25) is 5.91 Å². The maximum atomic E-state index is 13.2. The summed E-state index contributed by atoms with van der Waals surface area (Å²) in [5, 5.41) is 13.0. The molecule has 31 heavy (non-hydrogen) atoms. The van der Waals surface area contributed by atoms with Crippen molar-refractivity contribution in [3.8, 4) is 0 Å². The number of nitrogens with two attached hydrogens (primary N) is 1. The SMILES string of the molecule is NCc1cccc(CC2CC23[C@@H]2CC[C@H]3[C@@H](C(=O)Nc3ccc(Br)nc3)[C@@H]2C(=O)O)c1. The van der Waals surface area contributed by atoms with Gasteiger partial charge in [0.15, 0.2) is 0 Å². The lowest BCUT2D eigenvalue weighted by Crippen LogP contribution is -2.37. The number of halogens is 1. The van der Waals surface area contributed by atoms with E-state index in [0.29, 0.717) is 22.8 Å². The number of amides is 1. The Morgan fingerprint density at radius 1 is 1.16 bits per heavy atom. The molecule has 1 amide bonds. The summed E-state index contributed by atoms with van der Waals surface area (Å²) in [5.41, 5.74) is 8.75. The molecule has 4 N–H and O–H groups in total. The maximum Gasteiger partial charge on any atom is 0.307 e. The minimum Gasteiger partial charge on any atom is -0.481 e. The Morgan fingerprint density at radius 3 is 2.58 bits per heavy atom. The van der Waals surface area contributed by atoms with E-state index in [1.54, 1.807) is 18.3 Å². The van der Waals surface area contributed by atoms with E-state index < -0.39 is 17.8 Å². The number of benzene rings is 1. The van der Waals surface area contributed by atoms with Crippen molar-refractivity contribution in [3.05, 3.63) is 58.3 Å². The van der Waals surface area contributed by atoms with E-state index in [9.17, 15) is 14.7 Å². The van der Waals surface area contributed by atoms with Gasteiger partial charge in [0.1, 0.15) is 4.60 Å². The standard InChI is InChI=1S/C24H26BrN3O3/c25-19-7-4-16(12-27-19)28-22(29)20-17-5-6-18(21(20)23(30)31)24(17)10-15(24)9-13-2-1-3-14(8-13)11-26/h1-4,7-8,12,15,17-18,20-21H,5-6,9-11,26H2,(H,28,29)(H,30,31)/t15?,17-,18+,20+,21+,24?/m0/s1. The van der Waals surface area contributed by atoms with Gasteiger partial charge in [-0.3, -0.25) is 9.59 Å². The number of carbonyl (C=O) groups excluding carboxylic acids is 1. The van der Waals surface area contributed by atoms with E-state index in [1.165, 1.54) is 5.56 Å². The van der Waals surface area contributed by atoms with Gasteiger partial charge in [0.05, 0.1) is 23.7 Å². The molecule has 3 fully saturated rings. The molecule has 0 aliphatic heterocycles. The third-order valence-electron chi connectivity index (χ3n) is 7.92. The first-order valence-corrected chi connectivity index (χ1v) is 11.7. The minimum atomic E-state index is -0.837. The second-order valence-electron chi connectivity index (χ2n) is 9.28. The van der Waals surface area contributed by atoms with E-state index >= 15 is 0 Å². The average Bonchev–Trinajstić information content (AvgIpc) is 3.26. The van der Waals surface area contributed by atoms with Crippen LogP contribution in [0.4, 0.5) is 5.69 Å². The van der Waals surface area contributed by atoms with Crippen LogP contribution in [-0.2, 0) is 22.6 Å². The van der Waals surface area contributed by atoms with Crippen molar-refractivity contribution in [2.75, 3.05) is 5.32 Å². The number of hydrogen-bond donors (Lipinski definition) is 3. The van der Waals surface area contributed by atoms with Crippen LogP contribution in [0, 0.1) is 35.0 Å². The van der Waals surface area contributed by atoms with Gasteiger partial charge >= 0.3 is 5.97 Å². The fraction of sp³-hybridized carbons (Fsp3) is 0.458. The van der Waals surface area contributed by atoms with Crippen LogP contribution in [-0.4, -0.2) is 22.0 Å². The van der Waals surface area contributed by atoms with Gasteiger partial charge < -0.3 is 16.2 Å². The summed E-state index contributed by atoms with van der Waals surface area (Å²) in [6.07, 6.45) is 5.38.